The van der Waals surface area contributed by atoms with Gasteiger partial charge in [-0.1, -0.05) is 48.5 Å². The smallest absolute Gasteiger partial charge is 0.407 e. The first-order chi connectivity index (χ1) is 15.7. The highest BCUT2D eigenvalue weighted by atomic mass is 16.6. The molecule has 0 saturated heterocycles. The molecule has 33 heavy (non-hydrogen) atoms. The Balaban J connectivity index is 1.62. The summed E-state index contributed by atoms with van der Waals surface area (Å²) in [4.78, 5) is 41.3. The zero-order valence-electron chi connectivity index (χ0n) is 19.1. The van der Waals surface area contributed by atoms with Crippen molar-refractivity contribution in [1.82, 2.24) is 16.1 Å². The third-order valence-corrected chi connectivity index (χ3v) is 5.00. The van der Waals surface area contributed by atoms with Crippen LogP contribution < -0.4 is 16.1 Å². The summed E-state index contributed by atoms with van der Waals surface area (Å²) >= 11 is 0. The minimum atomic E-state index is -1.13. The molecule has 0 spiro atoms. The highest BCUT2D eigenvalue weighted by Crippen LogP contribution is 2.44. The monoisotopic (exact) mass is 455 g/mol. The van der Waals surface area contributed by atoms with Crippen molar-refractivity contribution in [2.45, 2.75) is 38.3 Å². The second kappa shape index (κ2) is 10.4. The van der Waals surface area contributed by atoms with Crippen molar-refractivity contribution in [3.05, 3.63) is 59.7 Å². The Labute approximate surface area is 192 Å². The molecule has 0 fully saturated rings. The fourth-order valence-electron chi connectivity index (χ4n) is 3.66. The van der Waals surface area contributed by atoms with E-state index < -0.39 is 29.7 Å². The SMILES string of the molecule is CONC(=O)C(CNC(=O)OC(C)(C)C)NC(=O)OCC1c2ccccc2-c2ccccc21. The highest BCUT2D eigenvalue weighted by Gasteiger charge is 2.30. The van der Waals surface area contributed by atoms with Crippen molar-refractivity contribution in [2.24, 2.45) is 0 Å². The molecule has 176 valence electrons. The Hall–Kier alpha value is -3.59. The number of alkyl carbamates (subject to hydrolysis) is 2. The lowest BCUT2D eigenvalue weighted by Gasteiger charge is -2.22. The molecule has 0 heterocycles. The maximum atomic E-state index is 12.5. The molecule has 0 aromatic heterocycles. The molecule has 0 bridgehead atoms. The van der Waals surface area contributed by atoms with Crippen LogP contribution in [0.2, 0.25) is 0 Å². The Morgan fingerprint density at radius 1 is 0.939 bits per heavy atom. The van der Waals surface area contributed by atoms with Gasteiger partial charge in [-0.25, -0.2) is 15.1 Å². The lowest BCUT2D eigenvalue weighted by Crippen LogP contribution is -2.53. The standard InChI is InChI=1S/C24H29N3O6/c1-24(2,3)33-22(29)25-13-20(21(28)27-31-4)26-23(30)32-14-19-17-11-7-5-9-15(17)16-10-6-8-12-18(16)19/h5-12,19-20H,13-14H2,1-4H3,(H,25,29)(H,26,30)(H,27,28). The summed E-state index contributed by atoms with van der Waals surface area (Å²) in [7, 11) is 1.27. The van der Waals surface area contributed by atoms with Crippen LogP contribution in [0.4, 0.5) is 9.59 Å². The van der Waals surface area contributed by atoms with Crippen molar-refractivity contribution >= 4 is 18.1 Å². The van der Waals surface area contributed by atoms with Crippen LogP contribution in [0.3, 0.4) is 0 Å². The van der Waals surface area contributed by atoms with E-state index in [0.717, 1.165) is 22.3 Å². The molecular weight excluding hydrogens is 426 g/mol. The number of amides is 3. The molecule has 2 aromatic rings. The molecule has 1 unspecified atom stereocenters. The number of rotatable bonds is 7. The summed E-state index contributed by atoms with van der Waals surface area (Å²) in [5.74, 6) is -0.767. The maximum Gasteiger partial charge on any atom is 0.407 e. The van der Waals surface area contributed by atoms with Gasteiger partial charge >= 0.3 is 12.2 Å². The minimum Gasteiger partial charge on any atom is -0.449 e. The Kier molecular flexibility index (Phi) is 7.55. The number of hydroxylamine groups is 1. The van der Waals surface area contributed by atoms with Crippen molar-refractivity contribution in [1.29, 1.82) is 0 Å². The zero-order valence-corrected chi connectivity index (χ0v) is 19.1. The van der Waals surface area contributed by atoms with Gasteiger partial charge in [0.15, 0.2) is 0 Å². The van der Waals surface area contributed by atoms with Gasteiger partial charge in [-0.05, 0) is 43.0 Å². The van der Waals surface area contributed by atoms with Gasteiger partial charge in [0.2, 0.25) is 0 Å². The number of carbonyl (C=O) groups excluding carboxylic acids is 3. The first-order valence-electron chi connectivity index (χ1n) is 10.6. The average Bonchev–Trinajstić information content (AvgIpc) is 3.08. The predicted molar refractivity (Wildman–Crippen MR) is 121 cm³/mol. The van der Waals surface area contributed by atoms with E-state index in [2.05, 4.69) is 21.0 Å². The number of benzene rings is 2. The predicted octanol–water partition coefficient (Wildman–Crippen LogP) is 3.10. The van der Waals surface area contributed by atoms with Gasteiger partial charge in [0, 0.05) is 5.92 Å². The fourth-order valence-corrected chi connectivity index (χ4v) is 3.66. The second-order valence-electron chi connectivity index (χ2n) is 8.58. The molecule has 1 aliphatic rings. The molecule has 9 heteroatoms. The van der Waals surface area contributed by atoms with Crippen molar-refractivity contribution in [2.75, 3.05) is 20.3 Å². The van der Waals surface area contributed by atoms with E-state index in [1.165, 1.54) is 7.11 Å². The Bertz CT molecular complexity index is 972. The van der Waals surface area contributed by atoms with Crippen molar-refractivity contribution < 1.29 is 28.7 Å². The van der Waals surface area contributed by atoms with Crippen LogP contribution in [-0.4, -0.2) is 50.0 Å². The second-order valence-corrected chi connectivity index (χ2v) is 8.58. The number of hydrogen-bond acceptors (Lipinski definition) is 6. The molecule has 0 radical (unpaired) electrons. The van der Waals surface area contributed by atoms with E-state index in [9.17, 15) is 14.4 Å². The van der Waals surface area contributed by atoms with Gasteiger partial charge in [-0.15, -0.1) is 0 Å². The van der Waals surface area contributed by atoms with Crippen molar-refractivity contribution in [3.8, 4) is 11.1 Å². The lowest BCUT2D eigenvalue weighted by molar-refractivity contribution is -0.133. The quantitative estimate of drug-likeness (QED) is 0.553. The molecule has 3 rings (SSSR count). The summed E-state index contributed by atoms with van der Waals surface area (Å²) in [5.41, 5.74) is 5.82. The number of hydrogen-bond donors (Lipinski definition) is 3. The fraction of sp³-hybridized carbons (Fsp3) is 0.375. The van der Waals surface area contributed by atoms with Crippen LogP contribution in [0, 0.1) is 0 Å². The van der Waals surface area contributed by atoms with Gasteiger partial charge in [0.05, 0.1) is 13.7 Å². The molecule has 3 N–H and O–H groups in total. The van der Waals surface area contributed by atoms with Crippen LogP contribution in [-0.2, 0) is 19.1 Å². The van der Waals surface area contributed by atoms with E-state index in [4.69, 9.17) is 9.47 Å². The van der Waals surface area contributed by atoms with E-state index >= 15 is 0 Å². The first-order valence-corrected chi connectivity index (χ1v) is 10.6. The molecular formula is C24H29N3O6. The highest BCUT2D eigenvalue weighted by molar-refractivity contribution is 5.86. The first kappa shape index (κ1) is 24.1. The van der Waals surface area contributed by atoms with Gasteiger partial charge in [-0.2, -0.15) is 0 Å². The Morgan fingerprint density at radius 3 is 2.06 bits per heavy atom. The van der Waals surface area contributed by atoms with E-state index in [0.29, 0.717) is 0 Å². The molecule has 0 aliphatic heterocycles. The summed E-state index contributed by atoms with van der Waals surface area (Å²) < 4.78 is 10.6. The normalized spacial score (nSPS) is 13.3. The number of fused-ring (bicyclic) bond motifs is 3. The van der Waals surface area contributed by atoms with Crippen LogP contribution in [0.15, 0.2) is 48.5 Å². The molecule has 9 nitrogen and oxygen atoms in total. The average molecular weight is 456 g/mol. The summed E-state index contributed by atoms with van der Waals surface area (Å²) in [6, 6.07) is 14.8. The zero-order chi connectivity index (χ0) is 24.0. The number of carbonyl (C=O) groups is 3. The van der Waals surface area contributed by atoms with Gasteiger partial charge in [0.25, 0.3) is 5.91 Å². The van der Waals surface area contributed by atoms with E-state index in [1.54, 1.807) is 20.8 Å². The number of nitrogens with one attached hydrogen (secondary N) is 3. The van der Waals surface area contributed by atoms with Gasteiger partial charge in [-0.3, -0.25) is 9.63 Å². The van der Waals surface area contributed by atoms with Crippen LogP contribution in [0.25, 0.3) is 11.1 Å². The van der Waals surface area contributed by atoms with Crippen LogP contribution in [0.1, 0.15) is 37.8 Å². The minimum absolute atomic E-state index is 0.0952. The van der Waals surface area contributed by atoms with Crippen LogP contribution in [0.5, 0.6) is 0 Å². The lowest BCUT2D eigenvalue weighted by atomic mass is 9.98. The van der Waals surface area contributed by atoms with Crippen LogP contribution >= 0.6 is 0 Å². The Morgan fingerprint density at radius 2 is 1.52 bits per heavy atom. The van der Waals surface area contributed by atoms with Crippen molar-refractivity contribution in [3.63, 3.8) is 0 Å². The molecule has 2 aromatic carbocycles. The molecule has 1 atom stereocenters. The van der Waals surface area contributed by atoms with Gasteiger partial charge < -0.3 is 20.1 Å². The third-order valence-electron chi connectivity index (χ3n) is 5.00. The molecule has 0 saturated carbocycles. The summed E-state index contributed by atoms with van der Waals surface area (Å²) in [6.07, 6.45) is -1.51. The summed E-state index contributed by atoms with van der Waals surface area (Å²) in [6.45, 7) is 5.04. The maximum absolute atomic E-state index is 12.5. The molecule has 1 aliphatic carbocycles. The molecule has 3 amide bonds. The third kappa shape index (κ3) is 6.23. The van der Waals surface area contributed by atoms with E-state index in [-0.39, 0.29) is 19.1 Å². The largest absolute Gasteiger partial charge is 0.449 e. The number of ether oxygens (including phenoxy) is 2. The summed E-state index contributed by atoms with van der Waals surface area (Å²) in [5, 5.41) is 4.93. The van der Waals surface area contributed by atoms with Gasteiger partial charge in [0.1, 0.15) is 18.2 Å². The topological polar surface area (TPSA) is 115 Å². The van der Waals surface area contributed by atoms with E-state index in [1.807, 2.05) is 48.5 Å².